The molecular formula is C17H17FN2O4S. The van der Waals surface area contributed by atoms with Gasteiger partial charge in [0.2, 0.25) is 5.91 Å². The van der Waals surface area contributed by atoms with E-state index < -0.39 is 21.3 Å². The van der Waals surface area contributed by atoms with Crippen LogP contribution in [0.1, 0.15) is 13.8 Å². The van der Waals surface area contributed by atoms with Crippen molar-refractivity contribution in [1.82, 2.24) is 0 Å². The molecule has 0 radical (unpaired) electrons. The molecule has 1 amide bonds. The summed E-state index contributed by atoms with van der Waals surface area (Å²) < 4.78 is 45.7. The molecule has 25 heavy (non-hydrogen) atoms. The lowest BCUT2D eigenvalue weighted by Gasteiger charge is -2.18. The first kappa shape index (κ1) is 17.2. The third kappa shape index (κ3) is 3.58. The molecule has 2 N–H and O–H groups in total. The van der Waals surface area contributed by atoms with E-state index in [0.717, 1.165) is 12.1 Å². The number of hydrogen-bond acceptors (Lipinski definition) is 4. The molecule has 0 aliphatic carbocycles. The highest BCUT2D eigenvalue weighted by Gasteiger charge is 2.32. The van der Waals surface area contributed by atoms with E-state index in [1.54, 1.807) is 19.9 Å². The van der Waals surface area contributed by atoms with Crippen LogP contribution >= 0.6 is 0 Å². The highest BCUT2D eigenvalue weighted by Crippen LogP contribution is 2.34. The SMILES string of the molecule is CC1(C)COc2cc(NS(=O)(=O)c3ccc(F)cc3)ccc2NC1=O. The number of anilines is 2. The topological polar surface area (TPSA) is 84.5 Å². The summed E-state index contributed by atoms with van der Waals surface area (Å²) in [6.07, 6.45) is 0. The highest BCUT2D eigenvalue weighted by atomic mass is 32.2. The number of ether oxygens (including phenoxy) is 1. The van der Waals surface area contributed by atoms with Crippen molar-refractivity contribution < 1.29 is 22.3 Å². The second-order valence-corrected chi connectivity index (χ2v) is 8.08. The van der Waals surface area contributed by atoms with Crippen LogP contribution in [-0.4, -0.2) is 20.9 Å². The number of carbonyl (C=O) groups excluding carboxylic acids is 1. The summed E-state index contributed by atoms with van der Waals surface area (Å²) in [6, 6.07) is 9.09. The molecule has 8 heteroatoms. The maximum Gasteiger partial charge on any atom is 0.261 e. The number of halogens is 1. The molecule has 0 fully saturated rings. The van der Waals surface area contributed by atoms with Crippen molar-refractivity contribution in [3.8, 4) is 5.75 Å². The van der Waals surface area contributed by atoms with Gasteiger partial charge in [0, 0.05) is 6.07 Å². The number of amides is 1. The zero-order valence-electron chi connectivity index (χ0n) is 13.7. The van der Waals surface area contributed by atoms with Gasteiger partial charge in [-0.1, -0.05) is 0 Å². The number of benzene rings is 2. The number of sulfonamides is 1. The molecule has 0 bridgehead atoms. The average molecular weight is 364 g/mol. The van der Waals surface area contributed by atoms with E-state index in [1.165, 1.54) is 24.3 Å². The fourth-order valence-corrected chi connectivity index (χ4v) is 3.30. The predicted octanol–water partition coefficient (Wildman–Crippen LogP) is 2.98. The predicted molar refractivity (Wildman–Crippen MR) is 91.6 cm³/mol. The molecule has 0 saturated carbocycles. The van der Waals surface area contributed by atoms with Gasteiger partial charge < -0.3 is 10.1 Å². The van der Waals surface area contributed by atoms with Gasteiger partial charge in [-0.15, -0.1) is 0 Å². The van der Waals surface area contributed by atoms with Crippen molar-refractivity contribution in [3.05, 3.63) is 48.3 Å². The molecule has 0 saturated heterocycles. The molecule has 1 aliphatic rings. The van der Waals surface area contributed by atoms with Crippen LogP contribution < -0.4 is 14.8 Å². The third-order valence-corrected chi connectivity index (χ3v) is 5.21. The smallest absolute Gasteiger partial charge is 0.261 e. The van der Waals surface area contributed by atoms with Crippen LogP contribution in [0.5, 0.6) is 5.75 Å². The van der Waals surface area contributed by atoms with Crippen LogP contribution in [0.15, 0.2) is 47.4 Å². The van der Waals surface area contributed by atoms with Gasteiger partial charge in [-0.2, -0.15) is 0 Å². The summed E-state index contributed by atoms with van der Waals surface area (Å²) in [5, 5.41) is 2.76. The van der Waals surface area contributed by atoms with Gasteiger partial charge >= 0.3 is 0 Å². The first-order valence-electron chi connectivity index (χ1n) is 7.54. The van der Waals surface area contributed by atoms with E-state index in [2.05, 4.69) is 10.0 Å². The summed E-state index contributed by atoms with van der Waals surface area (Å²) in [6.45, 7) is 3.68. The second kappa shape index (κ2) is 6.03. The Hall–Kier alpha value is -2.61. The van der Waals surface area contributed by atoms with Crippen molar-refractivity contribution in [1.29, 1.82) is 0 Å². The Bertz CT molecular complexity index is 924. The summed E-state index contributed by atoms with van der Waals surface area (Å²) in [4.78, 5) is 12.0. The van der Waals surface area contributed by atoms with E-state index in [0.29, 0.717) is 11.4 Å². The number of hydrogen-bond donors (Lipinski definition) is 2. The van der Waals surface area contributed by atoms with Gasteiger partial charge in [-0.05, 0) is 50.2 Å². The quantitative estimate of drug-likeness (QED) is 0.877. The number of carbonyl (C=O) groups is 1. The molecule has 6 nitrogen and oxygen atoms in total. The summed E-state index contributed by atoms with van der Waals surface area (Å²) in [5.74, 6) is -0.320. The molecule has 1 aliphatic heterocycles. The zero-order chi connectivity index (χ0) is 18.2. The average Bonchev–Trinajstić information content (AvgIpc) is 2.65. The third-order valence-electron chi connectivity index (χ3n) is 3.81. The van der Waals surface area contributed by atoms with Crippen LogP contribution in [0.25, 0.3) is 0 Å². The summed E-state index contributed by atoms with van der Waals surface area (Å²) >= 11 is 0. The van der Waals surface area contributed by atoms with Crippen LogP contribution in [0.2, 0.25) is 0 Å². The Kier molecular flexibility index (Phi) is 4.16. The van der Waals surface area contributed by atoms with Gasteiger partial charge in [-0.25, -0.2) is 12.8 Å². The largest absolute Gasteiger partial charge is 0.490 e. The fraction of sp³-hybridized carbons (Fsp3) is 0.235. The molecule has 132 valence electrons. The van der Waals surface area contributed by atoms with Crippen molar-refractivity contribution in [2.75, 3.05) is 16.6 Å². The number of nitrogens with one attached hydrogen (secondary N) is 2. The van der Waals surface area contributed by atoms with E-state index in [9.17, 15) is 17.6 Å². The Morgan fingerprint density at radius 1 is 1.16 bits per heavy atom. The first-order valence-corrected chi connectivity index (χ1v) is 9.02. The first-order chi connectivity index (χ1) is 11.7. The highest BCUT2D eigenvalue weighted by molar-refractivity contribution is 7.92. The van der Waals surface area contributed by atoms with E-state index >= 15 is 0 Å². The van der Waals surface area contributed by atoms with Crippen molar-refractivity contribution in [3.63, 3.8) is 0 Å². The summed E-state index contributed by atoms with van der Waals surface area (Å²) in [7, 11) is -3.86. The van der Waals surface area contributed by atoms with Crippen LogP contribution in [0, 0.1) is 11.2 Å². The number of fused-ring (bicyclic) bond motifs is 1. The Balaban J connectivity index is 1.87. The molecule has 0 aromatic heterocycles. The lowest BCUT2D eigenvalue weighted by Crippen LogP contribution is -2.33. The molecule has 0 atom stereocenters. The van der Waals surface area contributed by atoms with E-state index in [-0.39, 0.29) is 23.1 Å². The fourth-order valence-electron chi connectivity index (χ4n) is 2.25. The normalized spacial score (nSPS) is 16.2. The Labute approximate surface area is 145 Å². The maximum absolute atomic E-state index is 13.0. The lowest BCUT2D eigenvalue weighted by atomic mass is 9.94. The zero-order valence-corrected chi connectivity index (χ0v) is 14.5. The molecule has 1 heterocycles. The Morgan fingerprint density at radius 3 is 2.52 bits per heavy atom. The maximum atomic E-state index is 13.0. The van der Waals surface area contributed by atoms with E-state index in [1.807, 2.05) is 0 Å². The molecule has 3 rings (SSSR count). The molecular weight excluding hydrogens is 347 g/mol. The standard InChI is InChI=1S/C17H17FN2O4S/c1-17(2)10-24-15-9-12(5-8-14(15)19-16(17)21)20-25(22,23)13-6-3-11(18)4-7-13/h3-9,20H,10H2,1-2H3,(H,19,21). The minimum absolute atomic E-state index is 0.0563. The van der Waals surface area contributed by atoms with Gasteiger partial charge in [-0.3, -0.25) is 9.52 Å². The minimum atomic E-state index is -3.86. The molecule has 0 spiro atoms. The van der Waals surface area contributed by atoms with Crippen molar-refractivity contribution in [2.24, 2.45) is 5.41 Å². The van der Waals surface area contributed by atoms with E-state index in [4.69, 9.17) is 4.74 Å². The minimum Gasteiger partial charge on any atom is -0.490 e. The summed E-state index contributed by atoms with van der Waals surface area (Å²) in [5.41, 5.74) is 0.0459. The van der Waals surface area contributed by atoms with Crippen LogP contribution in [0.4, 0.5) is 15.8 Å². The molecule has 0 unspecified atom stereocenters. The van der Waals surface area contributed by atoms with Gasteiger partial charge in [0.25, 0.3) is 10.0 Å². The van der Waals surface area contributed by atoms with Gasteiger partial charge in [0.1, 0.15) is 18.2 Å². The van der Waals surface area contributed by atoms with Crippen LogP contribution in [0.3, 0.4) is 0 Å². The Morgan fingerprint density at radius 2 is 1.84 bits per heavy atom. The van der Waals surface area contributed by atoms with Crippen molar-refractivity contribution >= 4 is 27.3 Å². The van der Waals surface area contributed by atoms with Gasteiger partial charge in [0.15, 0.2) is 0 Å². The molecule has 2 aromatic carbocycles. The van der Waals surface area contributed by atoms with Crippen LogP contribution in [-0.2, 0) is 14.8 Å². The van der Waals surface area contributed by atoms with Crippen molar-refractivity contribution in [2.45, 2.75) is 18.7 Å². The molecule has 2 aromatic rings. The second-order valence-electron chi connectivity index (χ2n) is 6.40. The lowest BCUT2D eigenvalue weighted by molar-refractivity contribution is -0.124. The monoisotopic (exact) mass is 364 g/mol. The van der Waals surface area contributed by atoms with Gasteiger partial charge in [0.05, 0.1) is 21.7 Å². The number of rotatable bonds is 3.